The fraction of sp³-hybridized carbons (Fsp3) is 0.625. The van der Waals surface area contributed by atoms with E-state index in [1.807, 2.05) is 0 Å². The number of nitrogens with two attached hydrogens (primary N) is 1. The van der Waals surface area contributed by atoms with Crippen LogP contribution in [0.2, 0.25) is 0 Å². The van der Waals surface area contributed by atoms with Gasteiger partial charge in [0.15, 0.2) is 0 Å². The summed E-state index contributed by atoms with van der Waals surface area (Å²) in [5, 5.41) is 7.09. The molecule has 1 atom stereocenters. The van der Waals surface area contributed by atoms with Gasteiger partial charge in [-0.15, -0.1) is 0 Å². The lowest BCUT2D eigenvalue weighted by molar-refractivity contribution is -0.121. The molecule has 0 fully saturated rings. The van der Waals surface area contributed by atoms with Gasteiger partial charge in [0.1, 0.15) is 6.61 Å². The van der Waals surface area contributed by atoms with Crippen molar-refractivity contribution in [1.29, 1.82) is 0 Å². The van der Waals surface area contributed by atoms with Crippen molar-refractivity contribution in [3.63, 3.8) is 0 Å². The first kappa shape index (κ1) is 14.2. The number of urea groups is 1. The van der Waals surface area contributed by atoms with Gasteiger partial charge in [0.2, 0.25) is 5.91 Å². The van der Waals surface area contributed by atoms with Crippen molar-refractivity contribution in [2.75, 3.05) is 20.2 Å². The number of rotatable bonds is 5. The highest BCUT2D eigenvalue weighted by molar-refractivity contribution is 5.96. The molecule has 0 heterocycles. The van der Waals surface area contributed by atoms with Crippen LogP contribution in [0.15, 0.2) is 0 Å². The Morgan fingerprint density at radius 3 is 2.50 bits per heavy atom. The van der Waals surface area contributed by atoms with Gasteiger partial charge in [-0.2, -0.15) is 0 Å². The van der Waals surface area contributed by atoms with Crippen LogP contribution in [-0.2, 0) is 9.53 Å². The number of primary amides is 1. The Kier molecular flexibility index (Phi) is 6.61. The smallest absolute Gasteiger partial charge is 0.404 e. The van der Waals surface area contributed by atoms with E-state index in [0.29, 0.717) is 0 Å². The molecular formula is C8H16N4O4. The van der Waals surface area contributed by atoms with Gasteiger partial charge in [-0.25, -0.2) is 9.59 Å². The van der Waals surface area contributed by atoms with Crippen LogP contribution in [0.4, 0.5) is 9.59 Å². The van der Waals surface area contributed by atoms with Crippen molar-refractivity contribution >= 4 is 18.0 Å². The van der Waals surface area contributed by atoms with Crippen LogP contribution in [0.25, 0.3) is 0 Å². The second-order valence-electron chi connectivity index (χ2n) is 2.91. The van der Waals surface area contributed by atoms with Crippen LogP contribution in [0.3, 0.4) is 0 Å². The fourth-order valence-corrected chi connectivity index (χ4v) is 0.802. The van der Waals surface area contributed by atoms with Crippen LogP contribution in [-0.4, -0.2) is 44.3 Å². The zero-order chi connectivity index (χ0) is 12.6. The molecule has 0 saturated heterocycles. The molecule has 0 aromatic carbocycles. The molecule has 1 unspecified atom stereocenters. The quantitative estimate of drug-likeness (QED) is 0.430. The van der Waals surface area contributed by atoms with E-state index >= 15 is 0 Å². The Hall–Kier alpha value is -1.83. The first-order valence-corrected chi connectivity index (χ1v) is 4.65. The molecule has 5 N–H and O–H groups in total. The highest BCUT2D eigenvalue weighted by Gasteiger charge is 2.13. The van der Waals surface area contributed by atoms with E-state index in [-0.39, 0.29) is 13.2 Å². The predicted octanol–water partition coefficient (Wildman–Crippen LogP) is -1.48. The molecular weight excluding hydrogens is 216 g/mol. The topological polar surface area (TPSA) is 123 Å². The number of carbonyl (C=O) groups is 3. The van der Waals surface area contributed by atoms with Gasteiger partial charge in [0, 0.05) is 13.6 Å². The van der Waals surface area contributed by atoms with Crippen LogP contribution in [0, 0.1) is 0 Å². The summed E-state index contributed by atoms with van der Waals surface area (Å²) < 4.78 is 4.44. The Balaban J connectivity index is 3.71. The van der Waals surface area contributed by atoms with E-state index in [4.69, 9.17) is 5.73 Å². The van der Waals surface area contributed by atoms with Gasteiger partial charge in [-0.1, -0.05) is 0 Å². The first-order valence-electron chi connectivity index (χ1n) is 4.65. The number of ether oxygens (including phenoxy) is 1. The third-order valence-electron chi connectivity index (χ3n) is 1.65. The SMILES string of the molecule is CNC(=O)NC(=O)C(C)NCCOC(N)=O. The van der Waals surface area contributed by atoms with Gasteiger partial charge in [-0.05, 0) is 6.92 Å². The lowest BCUT2D eigenvalue weighted by Gasteiger charge is -2.12. The molecule has 8 nitrogen and oxygen atoms in total. The maximum absolute atomic E-state index is 11.3. The Morgan fingerprint density at radius 1 is 1.38 bits per heavy atom. The minimum atomic E-state index is -0.871. The van der Waals surface area contributed by atoms with Crippen molar-refractivity contribution < 1.29 is 19.1 Å². The summed E-state index contributed by atoms with van der Waals surface area (Å²) >= 11 is 0. The minimum Gasteiger partial charge on any atom is -0.448 e. The lowest BCUT2D eigenvalue weighted by atomic mass is 10.3. The average molecular weight is 232 g/mol. The van der Waals surface area contributed by atoms with E-state index in [1.54, 1.807) is 6.92 Å². The van der Waals surface area contributed by atoms with E-state index in [1.165, 1.54) is 7.05 Å². The maximum atomic E-state index is 11.3. The highest BCUT2D eigenvalue weighted by atomic mass is 16.5. The molecule has 0 saturated carbocycles. The molecule has 16 heavy (non-hydrogen) atoms. The summed E-state index contributed by atoms with van der Waals surface area (Å²) in [5.74, 6) is -0.474. The van der Waals surface area contributed by atoms with Crippen LogP contribution < -0.4 is 21.7 Å². The molecule has 4 amide bonds. The molecule has 0 aliphatic rings. The molecule has 0 rings (SSSR count). The summed E-state index contributed by atoms with van der Waals surface area (Å²) in [7, 11) is 1.40. The molecule has 0 aliphatic heterocycles. The van der Waals surface area contributed by atoms with Crippen molar-refractivity contribution in [3.8, 4) is 0 Å². The summed E-state index contributed by atoms with van der Waals surface area (Å²) in [6, 6.07) is -1.15. The molecule has 0 spiro atoms. The van der Waals surface area contributed by atoms with E-state index in [2.05, 4.69) is 20.7 Å². The summed E-state index contributed by atoms with van der Waals surface area (Å²) in [5.41, 5.74) is 4.73. The third-order valence-corrected chi connectivity index (χ3v) is 1.65. The van der Waals surface area contributed by atoms with Crippen LogP contribution >= 0.6 is 0 Å². The van der Waals surface area contributed by atoms with Gasteiger partial charge < -0.3 is 21.1 Å². The van der Waals surface area contributed by atoms with Gasteiger partial charge in [0.05, 0.1) is 6.04 Å². The highest BCUT2D eigenvalue weighted by Crippen LogP contribution is 1.82. The van der Waals surface area contributed by atoms with Crippen LogP contribution in [0.1, 0.15) is 6.92 Å². The van der Waals surface area contributed by atoms with Crippen molar-refractivity contribution in [2.24, 2.45) is 5.73 Å². The van der Waals surface area contributed by atoms with E-state index in [9.17, 15) is 14.4 Å². The van der Waals surface area contributed by atoms with Crippen molar-refractivity contribution in [1.82, 2.24) is 16.0 Å². The molecule has 0 radical (unpaired) electrons. The number of imide groups is 1. The van der Waals surface area contributed by atoms with Crippen molar-refractivity contribution in [3.05, 3.63) is 0 Å². The second kappa shape index (κ2) is 7.46. The van der Waals surface area contributed by atoms with E-state index < -0.39 is 24.1 Å². The predicted molar refractivity (Wildman–Crippen MR) is 55.6 cm³/mol. The fourth-order valence-electron chi connectivity index (χ4n) is 0.802. The maximum Gasteiger partial charge on any atom is 0.404 e. The number of hydrogen-bond acceptors (Lipinski definition) is 5. The molecule has 0 aliphatic carbocycles. The number of amides is 4. The third kappa shape index (κ3) is 6.60. The number of hydrogen-bond donors (Lipinski definition) is 4. The standard InChI is InChI=1S/C8H16N4O4/c1-5(6(13)12-8(15)10-2)11-3-4-16-7(9)14/h5,11H,3-4H2,1-2H3,(H2,9,14)(H2,10,12,13,15). The molecule has 0 bridgehead atoms. The summed E-state index contributed by atoms with van der Waals surface area (Å²) in [6.45, 7) is 1.90. The Morgan fingerprint density at radius 2 is 2.00 bits per heavy atom. The number of carbonyl (C=O) groups excluding carboxylic acids is 3. The second-order valence-corrected chi connectivity index (χ2v) is 2.91. The molecule has 0 aromatic heterocycles. The zero-order valence-corrected chi connectivity index (χ0v) is 9.20. The van der Waals surface area contributed by atoms with Gasteiger partial charge >= 0.3 is 12.1 Å². The van der Waals surface area contributed by atoms with E-state index in [0.717, 1.165) is 0 Å². The zero-order valence-electron chi connectivity index (χ0n) is 9.20. The first-order chi connectivity index (χ1) is 7.47. The number of nitrogens with one attached hydrogen (secondary N) is 3. The summed E-state index contributed by atoms with van der Waals surface area (Å²) in [4.78, 5) is 32.3. The largest absolute Gasteiger partial charge is 0.448 e. The van der Waals surface area contributed by atoms with Crippen LogP contribution in [0.5, 0.6) is 0 Å². The summed E-state index contributed by atoms with van der Waals surface area (Å²) in [6.07, 6.45) is -0.871. The monoisotopic (exact) mass is 232 g/mol. The normalized spacial score (nSPS) is 11.4. The molecule has 8 heteroatoms. The average Bonchev–Trinajstić information content (AvgIpc) is 2.23. The Labute approximate surface area is 92.9 Å². The Bertz CT molecular complexity index is 269. The van der Waals surface area contributed by atoms with Gasteiger partial charge in [-0.3, -0.25) is 10.1 Å². The molecule has 92 valence electrons. The van der Waals surface area contributed by atoms with Gasteiger partial charge in [0.25, 0.3) is 0 Å². The lowest BCUT2D eigenvalue weighted by Crippen LogP contribution is -2.48. The van der Waals surface area contributed by atoms with Crippen molar-refractivity contribution in [2.45, 2.75) is 13.0 Å². The minimum absolute atomic E-state index is 0.0624. The molecule has 0 aromatic rings.